The van der Waals surface area contributed by atoms with Gasteiger partial charge in [-0.25, -0.2) is 9.37 Å². The van der Waals surface area contributed by atoms with E-state index in [4.69, 9.17) is 17.3 Å². The molecular weight excluding hydrogens is 357 g/mol. The lowest BCUT2D eigenvalue weighted by Gasteiger charge is -2.17. The van der Waals surface area contributed by atoms with Crippen molar-refractivity contribution in [2.24, 2.45) is 0 Å². The Morgan fingerprint density at radius 1 is 1.08 bits per heavy atom. The van der Waals surface area contributed by atoms with Crippen LogP contribution in [0.15, 0.2) is 53.4 Å². The van der Waals surface area contributed by atoms with Gasteiger partial charge in [-0.3, -0.25) is 0 Å². The molecule has 2 heterocycles. The first-order chi connectivity index (χ1) is 12.1. The SMILES string of the molecule is Nc1cccc(Cl)c1F.c1nc(-c2ccc(N3CCCC3)cc2)cs1. The van der Waals surface area contributed by atoms with Crippen LogP contribution in [-0.4, -0.2) is 18.1 Å². The fourth-order valence-electron chi connectivity index (χ4n) is 2.69. The van der Waals surface area contributed by atoms with Crippen LogP contribution in [-0.2, 0) is 0 Å². The molecule has 1 aliphatic rings. The second-order valence-electron chi connectivity index (χ2n) is 5.76. The van der Waals surface area contributed by atoms with Gasteiger partial charge in [0, 0.05) is 29.7 Å². The predicted octanol–water partition coefficient (Wildman–Crippen LogP) is 5.47. The Kier molecular flexibility index (Phi) is 5.89. The van der Waals surface area contributed by atoms with Gasteiger partial charge in [0.25, 0.3) is 0 Å². The van der Waals surface area contributed by atoms with Crippen LogP contribution >= 0.6 is 22.9 Å². The van der Waals surface area contributed by atoms with Gasteiger partial charge >= 0.3 is 0 Å². The molecule has 4 rings (SSSR count). The Balaban J connectivity index is 0.000000173. The van der Waals surface area contributed by atoms with Crippen molar-refractivity contribution in [2.45, 2.75) is 12.8 Å². The highest BCUT2D eigenvalue weighted by Gasteiger charge is 2.12. The Morgan fingerprint density at radius 2 is 1.80 bits per heavy atom. The molecule has 1 fully saturated rings. The Bertz CT molecular complexity index is 780. The van der Waals surface area contributed by atoms with E-state index < -0.39 is 5.82 Å². The largest absolute Gasteiger partial charge is 0.396 e. The van der Waals surface area contributed by atoms with E-state index in [2.05, 4.69) is 39.5 Å². The molecule has 0 aliphatic carbocycles. The number of nitrogens with zero attached hydrogens (tertiary/aromatic N) is 2. The molecule has 0 radical (unpaired) electrons. The number of thiazole rings is 1. The van der Waals surface area contributed by atoms with Gasteiger partial charge in [-0.2, -0.15) is 0 Å². The van der Waals surface area contributed by atoms with E-state index in [0.717, 1.165) is 5.69 Å². The normalized spacial score (nSPS) is 13.4. The summed E-state index contributed by atoms with van der Waals surface area (Å²) in [7, 11) is 0. The minimum Gasteiger partial charge on any atom is -0.396 e. The van der Waals surface area contributed by atoms with Crippen molar-refractivity contribution in [3.8, 4) is 11.3 Å². The van der Waals surface area contributed by atoms with Crippen molar-refractivity contribution in [3.05, 3.63) is 64.2 Å². The lowest BCUT2D eigenvalue weighted by Crippen LogP contribution is -2.17. The Morgan fingerprint density at radius 3 is 2.36 bits per heavy atom. The van der Waals surface area contributed by atoms with Gasteiger partial charge in [0.15, 0.2) is 5.82 Å². The van der Waals surface area contributed by atoms with Crippen molar-refractivity contribution in [3.63, 3.8) is 0 Å². The highest BCUT2D eigenvalue weighted by atomic mass is 35.5. The summed E-state index contributed by atoms with van der Waals surface area (Å²) in [6.07, 6.45) is 2.65. The molecule has 1 aliphatic heterocycles. The van der Waals surface area contributed by atoms with Crippen molar-refractivity contribution < 1.29 is 4.39 Å². The van der Waals surface area contributed by atoms with Crippen LogP contribution < -0.4 is 10.6 Å². The fraction of sp³-hybridized carbons (Fsp3) is 0.211. The standard InChI is InChI=1S/C13H14N2S.C6H5ClFN/c1-2-8-15(7-1)12-5-3-11(4-6-12)13-9-16-10-14-13;7-4-2-1-3-5(9)6(4)8/h3-6,9-10H,1-2,7-8H2;1-3H,9H2. The number of nitrogens with two attached hydrogens (primary N) is 1. The number of nitrogen functional groups attached to an aromatic ring is 1. The van der Waals surface area contributed by atoms with Crippen molar-refractivity contribution in [2.75, 3.05) is 23.7 Å². The number of hydrogen-bond acceptors (Lipinski definition) is 4. The first-order valence-electron chi connectivity index (χ1n) is 8.08. The van der Waals surface area contributed by atoms with Crippen LogP contribution in [0.3, 0.4) is 0 Å². The van der Waals surface area contributed by atoms with Gasteiger partial charge in [0.05, 0.1) is 21.9 Å². The molecule has 3 nitrogen and oxygen atoms in total. The van der Waals surface area contributed by atoms with Crippen molar-refractivity contribution >= 4 is 34.3 Å². The lowest BCUT2D eigenvalue weighted by atomic mass is 10.1. The molecule has 0 unspecified atom stereocenters. The summed E-state index contributed by atoms with van der Waals surface area (Å²) < 4.78 is 12.5. The van der Waals surface area contributed by atoms with Gasteiger partial charge in [-0.05, 0) is 37.1 Å². The topological polar surface area (TPSA) is 42.1 Å². The Labute approximate surface area is 155 Å². The predicted molar refractivity (Wildman–Crippen MR) is 105 cm³/mol. The van der Waals surface area contributed by atoms with Gasteiger partial charge in [0.2, 0.25) is 0 Å². The maximum Gasteiger partial charge on any atom is 0.164 e. The van der Waals surface area contributed by atoms with E-state index >= 15 is 0 Å². The summed E-state index contributed by atoms with van der Waals surface area (Å²) in [5.74, 6) is -0.542. The molecule has 0 spiro atoms. The summed E-state index contributed by atoms with van der Waals surface area (Å²) in [5, 5.41) is 2.15. The van der Waals surface area contributed by atoms with E-state index in [1.165, 1.54) is 49.3 Å². The van der Waals surface area contributed by atoms with Crippen LogP contribution in [0.4, 0.5) is 15.8 Å². The molecule has 1 aromatic heterocycles. The third-order valence-corrected chi connectivity index (χ3v) is 4.93. The third kappa shape index (κ3) is 4.50. The smallest absolute Gasteiger partial charge is 0.164 e. The summed E-state index contributed by atoms with van der Waals surface area (Å²) in [6, 6.07) is 13.3. The monoisotopic (exact) mass is 375 g/mol. The number of halogens is 2. The van der Waals surface area contributed by atoms with Crippen molar-refractivity contribution in [1.29, 1.82) is 0 Å². The number of anilines is 2. The number of rotatable bonds is 2. The van der Waals surface area contributed by atoms with Crippen LogP contribution in [0, 0.1) is 5.82 Å². The molecule has 0 amide bonds. The van der Waals surface area contributed by atoms with E-state index in [-0.39, 0.29) is 10.7 Å². The zero-order chi connectivity index (χ0) is 17.6. The minimum absolute atomic E-state index is 0.0648. The average Bonchev–Trinajstić information content (AvgIpc) is 3.34. The van der Waals surface area contributed by atoms with E-state index in [9.17, 15) is 4.39 Å². The summed E-state index contributed by atoms with van der Waals surface area (Å²) >= 11 is 7.00. The highest BCUT2D eigenvalue weighted by molar-refractivity contribution is 7.07. The van der Waals surface area contributed by atoms with Gasteiger partial charge in [-0.15, -0.1) is 11.3 Å². The third-order valence-electron chi connectivity index (χ3n) is 4.05. The molecule has 25 heavy (non-hydrogen) atoms. The average molecular weight is 376 g/mol. The minimum atomic E-state index is -0.542. The number of benzene rings is 2. The zero-order valence-electron chi connectivity index (χ0n) is 13.7. The number of hydrogen-bond donors (Lipinski definition) is 1. The maximum absolute atomic E-state index is 12.5. The molecule has 0 saturated carbocycles. The summed E-state index contributed by atoms with van der Waals surface area (Å²) in [5.41, 5.74) is 10.8. The summed E-state index contributed by atoms with van der Waals surface area (Å²) in [6.45, 7) is 2.41. The molecule has 3 aromatic rings. The van der Waals surface area contributed by atoms with Crippen LogP contribution in [0.2, 0.25) is 5.02 Å². The van der Waals surface area contributed by atoms with Crippen LogP contribution in [0.5, 0.6) is 0 Å². The van der Waals surface area contributed by atoms with Gasteiger partial charge in [0.1, 0.15) is 0 Å². The fourth-order valence-corrected chi connectivity index (χ4v) is 3.44. The zero-order valence-corrected chi connectivity index (χ0v) is 15.2. The molecule has 1 saturated heterocycles. The number of aromatic nitrogens is 1. The molecule has 0 bridgehead atoms. The van der Waals surface area contributed by atoms with Gasteiger partial charge in [-0.1, -0.05) is 29.8 Å². The first-order valence-corrected chi connectivity index (χ1v) is 9.40. The van der Waals surface area contributed by atoms with Crippen LogP contribution in [0.25, 0.3) is 11.3 Å². The van der Waals surface area contributed by atoms with E-state index in [0.29, 0.717) is 0 Å². The second-order valence-corrected chi connectivity index (χ2v) is 6.88. The first kappa shape index (κ1) is 17.7. The second kappa shape index (κ2) is 8.32. The summed E-state index contributed by atoms with van der Waals surface area (Å²) in [4.78, 5) is 6.77. The molecule has 2 aromatic carbocycles. The quantitative estimate of drug-likeness (QED) is 0.604. The molecule has 130 valence electrons. The van der Waals surface area contributed by atoms with E-state index in [1.807, 2.05) is 5.51 Å². The molecular formula is C19H19ClFN3S. The van der Waals surface area contributed by atoms with Crippen molar-refractivity contribution in [1.82, 2.24) is 4.98 Å². The van der Waals surface area contributed by atoms with E-state index in [1.54, 1.807) is 17.4 Å². The Hall–Kier alpha value is -2.11. The lowest BCUT2D eigenvalue weighted by molar-refractivity contribution is 0.633. The molecule has 2 N–H and O–H groups in total. The molecule has 0 atom stereocenters. The molecule has 6 heteroatoms. The van der Waals surface area contributed by atoms with Crippen LogP contribution in [0.1, 0.15) is 12.8 Å². The maximum atomic E-state index is 12.5. The van der Waals surface area contributed by atoms with Gasteiger partial charge < -0.3 is 10.6 Å². The highest BCUT2D eigenvalue weighted by Crippen LogP contribution is 2.25.